The first-order chi connectivity index (χ1) is 22.0. The summed E-state index contributed by atoms with van der Waals surface area (Å²) in [5.41, 5.74) is 9.24. The molecule has 48 heavy (non-hydrogen) atoms. The van der Waals surface area contributed by atoms with E-state index >= 15 is 0 Å². The summed E-state index contributed by atoms with van der Waals surface area (Å²) in [4.78, 5) is 17.6. The van der Waals surface area contributed by atoms with Crippen molar-refractivity contribution in [2.75, 3.05) is 5.73 Å². The topological polar surface area (TPSA) is 101 Å². The number of aromatic nitrogens is 2. The molecule has 4 rings (SSSR count). The van der Waals surface area contributed by atoms with Crippen LogP contribution in [0.25, 0.3) is 0 Å². The Morgan fingerprint density at radius 3 is 1.60 bits per heavy atom. The molecule has 1 aliphatic rings. The number of hydrogen-bond acceptors (Lipinski definition) is 7. The fourth-order valence-electron chi connectivity index (χ4n) is 6.18. The van der Waals surface area contributed by atoms with Crippen LogP contribution in [0.2, 0.25) is 41.3 Å². The summed E-state index contributed by atoms with van der Waals surface area (Å²) >= 11 is 0. The number of rotatable bonds is 10. The summed E-state index contributed by atoms with van der Waals surface area (Å²) in [6, 6.07) is 22.3. The highest BCUT2D eigenvalue weighted by Gasteiger charge is 2.56. The molecular formula is C37H60N4O4Si3. The van der Waals surface area contributed by atoms with Crippen LogP contribution in [-0.4, -0.2) is 52.8 Å². The van der Waals surface area contributed by atoms with Crippen LogP contribution in [0, 0.1) is 0 Å². The smallest absolute Gasteiger partial charge is 0.349 e. The van der Waals surface area contributed by atoms with Crippen LogP contribution in [0.1, 0.15) is 74.8 Å². The monoisotopic (exact) mass is 708 g/mol. The summed E-state index contributed by atoms with van der Waals surface area (Å²) in [5, 5.41) is 2.03. The van der Waals surface area contributed by atoms with Gasteiger partial charge in [-0.15, -0.1) is 0 Å². The predicted octanol–water partition coefficient (Wildman–Crippen LogP) is 7.00. The molecule has 0 aliphatic heterocycles. The molecule has 8 nitrogen and oxygen atoms in total. The molecule has 4 atom stereocenters. The van der Waals surface area contributed by atoms with Gasteiger partial charge in [-0.3, -0.25) is 4.57 Å². The lowest BCUT2D eigenvalue weighted by Crippen LogP contribution is -2.69. The third-order valence-electron chi connectivity index (χ3n) is 11.1. The molecule has 1 fully saturated rings. The Morgan fingerprint density at radius 2 is 1.19 bits per heavy atom. The van der Waals surface area contributed by atoms with Crippen LogP contribution in [0.5, 0.6) is 0 Å². The van der Waals surface area contributed by atoms with Crippen LogP contribution in [0.15, 0.2) is 77.7 Å². The molecular weight excluding hydrogens is 649 g/mol. The van der Waals surface area contributed by atoms with Crippen LogP contribution in [0.4, 0.5) is 5.82 Å². The highest BCUT2D eigenvalue weighted by Crippen LogP contribution is 2.46. The van der Waals surface area contributed by atoms with Gasteiger partial charge in [0.15, 0.2) is 16.6 Å². The van der Waals surface area contributed by atoms with E-state index in [1.807, 2.05) is 0 Å². The van der Waals surface area contributed by atoms with Crippen molar-refractivity contribution in [3.05, 3.63) is 83.4 Å². The minimum atomic E-state index is -2.95. The number of hydrogen-bond donors (Lipinski definition) is 2. The number of benzene rings is 2. The van der Waals surface area contributed by atoms with Gasteiger partial charge < -0.3 is 19.1 Å². The van der Waals surface area contributed by atoms with Gasteiger partial charge >= 0.3 is 5.69 Å². The first kappa shape index (κ1) is 38.4. The van der Waals surface area contributed by atoms with Gasteiger partial charge in [-0.05, 0) is 64.2 Å². The summed E-state index contributed by atoms with van der Waals surface area (Å²) in [6.45, 7) is 29.4. The number of hydroxylamine groups is 1. The number of nitrogens with zero attached hydrogens (tertiary/aromatic N) is 2. The molecule has 11 heteroatoms. The lowest BCUT2D eigenvalue weighted by molar-refractivity contribution is 0.00715. The highest BCUT2D eigenvalue weighted by atomic mass is 28.4. The largest absolute Gasteiger partial charge is 0.410 e. The second kappa shape index (κ2) is 13.7. The van der Waals surface area contributed by atoms with Gasteiger partial charge in [-0.1, -0.05) is 123 Å². The molecule has 0 saturated heterocycles. The normalized spacial score (nSPS) is 21.4. The van der Waals surface area contributed by atoms with Crippen molar-refractivity contribution >= 4 is 41.1 Å². The summed E-state index contributed by atoms with van der Waals surface area (Å²) in [7, 11) is -7.63. The van der Waals surface area contributed by atoms with E-state index in [9.17, 15) is 4.79 Å². The van der Waals surface area contributed by atoms with Crippen LogP contribution in [-0.2, 0) is 13.4 Å². The number of anilines is 1. The standard InChI is InChI=1S/C37H60N4O4Si3/c1-35(2,3)46(10,11)43-32-29(26-30(41-25-24-31(38)39-34(41)42)33(32)44-47(12,13)36(4,5)6)40-45-48(37(7,8)9,27-20-16-14-17-21-27)28-22-18-15-19-23-28/h14-25,29-30,32-33,40H,26H2,1-13H3,(H2,38,39,42)/t29-,30+,32+,33-/m0/s1. The third kappa shape index (κ3) is 7.67. The average molecular weight is 709 g/mol. The molecule has 3 N–H and O–H groups in total. The maximum atomic E-state index is 13.5. The van der Waals surface area contributed by atoms with E-state index in [1.165, 1.54) is 10.4 Å². The zero-order valence-corrected chi connectivity index (χ0v) is 34.5. The molecule has 0 radical (unpaired) electrons. The fourth-order valence-corrected chi connectivity index (χ4v) is 13.1. The Morgan fingerprint density at radius 1 is 0.729 bits per heavy atom. The second-order valence-electron chi connectivity index (χ2n) is 17.5. The lowest BCUT2D eigenvalue weighted by atomic mass is 10.2. The molecule has 0 amide bonds. The van der Waals surface area contributed by atoms with Crippen molar-refractivity contribution in [2.45, 2.75) is 134 Å². The highest BCUT2D eigenvalue weighted by molar-refractivity contribution is 6.99. The first-order valence-corrected chi connectivity index (χ1v) is 25.0. The lowest BCUT2D eigenvalue weighted by Gasteiger charge is -2.46. The van der Waals surface area contributed by atoms with Gasteiger partial charge in [0.05, 0.1) is 24.3 Å². The summed E-state index contributed by atoms with van der Waals surface area (Å²) < 4.78 is 23.7. The van der Waals surface area contributed by atoms with Crippen molar-refractivity contribution in [3.63, 3.8) is 0 Å². The van der Waals surface area contributed by atoms with Crippen molar-refractivity contribution in [1.82, 2.24) is 15.0 Å². The Balaban J connectivity index is 1.89. The zero-order chi connectivity index (χ0) is 35.9. The number of nitrogens with one attached hydrogen (secondary N) is 1. The van der Waals surface area contributed by atoms with Crippen molar-refractivity contribution in [2.24, 2.45) is 0 Å². The number of nitrogens with two attached hydrogens (primary N) is 1. The van der Waals surface area contributed by atoms with Crippen LogP contribution < -0.4 is 27.3 Å². The molecule has 2 aromatic carbocycles. The van der Waals surface area contributed by atoms with E-state index in [0.717, 1.165) is 0 Å². The summed E-state index contributed by atoms with van der Waals surface area (Å²) in [5.74, 6) is 0.204. The Bertz CT molecular complexity index is 1540. The van der Waals surface area contributed by atoms with Gasteiger partial charge in [-0.2, -0.15) is 4.98 Å². The van der Waals surface area contributed by atoms with Crippen LogP contribution >= 0.6 is 0 Å². The fraction of sp³-hybridized carbons (Fsp3) is 0.568. The third-order valence-corrected chi connectivity index (χ3v) is 24.8. The van der Waals surface area contributed by atoms with Gasteiger partial charge in [0.1, 0.15) is 5.82 Å². The average Bonchev–Trinajstić information content (AvgIpc) is 3.27. The maximum Gasteiger partial charge on any atom is 0.349 e. The second-order valence-corrected chi connectivity index (χ2v) is 31.3. The van der Waals surface area contributed by atoms with Gasteiger partial charge in [0, 0.05) is 6.20 Å². The van der Waals surface area contributed by atoms with E-state index in [1.54, 1.807) is 16.8 Å². The maximum absolute atomic E-state index is 13.5. The molecule has 1 saturated carbocycles. The Kier molecular flexibility index (Phi) is 11.0. The molecule has 1 aromatic heterocycles. The molecule has 1 aliphatic carbocycles. The zero-order valence-electron chi connectivity index (χ0n) is 31.5. The van der Waals surface area contributed by atoms with Crippen LogP contribution in [0.3, 0.4) is 0 Å². The Hall–Kier alpha value is -2.39. The SMILES string of the molecule is CC(C)(C)[Si](C)(C)O[C@@H]1[C@H](O[Si](C)(C)C(C)(C)C)[C@@H](NO[Si](c2ccccc2)(c2ccccc2)C(C)(C)C)C[C@H]1n1ccc(N)nc1=O. The van der Waals surface area contributed by atoms with E-state index in [0.29, 0.717) is 6.42 Å². The minimum Gasteiger partial charge on any atom is -0.410 e. The quantitative estimate of drug-likeness (QED) is 0.173. The summed E-state index contributed by atoms with van der Waals surface area (Å²) in [6.07, 6.45) is 1.52. The van der Waals surface area contributed by atoms with Gasteiger partial charge in [-0.25, -0.2) is 10.3 Å². The van der Waals surface area contributed by atoms with Crippen molar-refractivity contribution < 1.29 is 13.4 Å². The first-order valence-electron chi connectivity index (χ1n) is 17.3. The van der Waals surface area contributed by atoms with Crippen molar-refractivity contribution in [1.29, 1.82) is 0 Å². The van der Waals surface area contributed by atoms with E-state index in [-0.39, 0.29) is 44.8 Å². The molecule has 0 spiro atoms. The van der Waals surface area contributed by atoms with Gasteiger partial charge in [0.25, 0.3) is 8.32 Å². The number of nitrogen functional groups attached to an aromatic ring is 1. The Labute approximate surface area is 292 Å². The van der Waals surface area contributed by atoms with E-state index < -0.39 is 31.1 Å². The molecule has 0 bridgehead atoms. The molecule has 3 aromatic rings. The molecule has 0 unspecified atom stereocenters. The van der Waals surface area contributed by atoms with E-state index in [2.05, 4.69) is 160 Å². The molecule has 1 heterocycles. The minimum absolute atomic E-state index is 0.0460. The predicted molar refractivity (Wildman–Crippen MR) is 206 cm³/mol. The van der Waals surface area contributed by atoms with E-state index in [4.69, 9.17) is 19.1 Å². The van der Waals surface area contributed by atoms with Gasteiger partial charge in [0.2, 0.25) is 0 Å². The van der Waals surface area contributed by atoms with Crippen molar-refractivity contribution in [3.8, 4) is 0 Å². The molecule has 264 valence electrons.